The van der Waals surface area contributed by atoms with Crippen LogP contribution in [0.3, 0.4) is 0 Å². The summed E-state index contributed by atoms with van der Waals surface area (Å²) >= 11 is 7.58. The van der Waals surface area contributed by atoms with Gasteiger partial charge < -0.3 is 4.74 Å². The van der Waals surface area contributed by atoms with E-state index in [9.17, 15) is 0 Å². The minimum atomic E-state index is 0.250. The molecule has 0 fully saturated rings. The zero-order chi connectivity index (χ0) is 13.2. The van der Waals surface area contributed by atoms with Crippen LogP contribution in [-0.2, 0) is 11.3 Å². The largest absolute Gasteiger partial charge is 0.383 e. The summed E-state index contributed by atoms with van der Waals surface area (Å²) in [4.78, 5) is 8.56. The highest BCUT2D eigenvalue weighted by Gasteiger charge is 2.14. The van der Waals surface area contributed by atoms with E-state index in [4.69, 9.17) is 16.3 Å². The number of methoxy groups -OCH3 is 1. The van der Waals surface area contributed by atoms with Crippen LogP contribution in [0.5, 0.6) is 0 Å². The Kier molecular flexibility index (Phi) is 3.46. The highest BCUT2D eigenvalue weighted by molar-refractivity contribution is 7.17. The summed E-state index contributed by atoms with van der Waals surface area (Å²) in [6, 6.07) is 3.86. The van der Waals surface area contributed by atoms with E-state index < -0.39 is 0 Å². The Hall–Kier alpha value is -1.50. The maximum absolute atomic E-state index is 5.98. The number of aromatic nitrogens is 4. The first kappa shape index (κ1) is 12.5. The average molecular weight is 295 g/mol. The molecule has 0 saturated carbocycles. The summed E-state index contributed by atoms with van der Waals surface area (Å²) in [5.41, 5.74) is 2.60. The molecule has 0 aliphatic rings. The Morgan fingerprint density at radius 1 is 1.37 bits per heavy atom. The third kappa shape index (κ3) is 2.34. The number of fused-ring (bicyclic) bond motifs is 1. The van der Waals surface area contributed by atoms with Gasteiger partial charge in [-0.3, -0.25) is 4.68 Å². The maximum atomic E-state index is 5.98. The molecule has 0 bridgehead atoms. The number of rotatable bonds is 4. The van der Waals surface area contributed by atoms with Crippen molar-refractivity contribution in [2.75, 3.05) is 13.7 Å². The van der Waals surface area contributed by atoms with Crippen LogP contribution in [0, 0.1) is 0 Å². The van der Waals surface area contributed by atoms with Crippen LogP contribution >= 0.6 is 22.9 Å². The molecule has 0 saturated heterocycles. The number of nitrogens with zero attached hydrogens (tertiary/aromatic N) is 4. The predicted octanol–water partition coefficient (Wildman–Crippen LogP) is 2.85. The molecule has 3 rings (SSSR count). The molecule has 0 amide bonds. The highest BCUT2D eigenvalue weighted by Crippen LogP contribution is 2.30. The molecule has 3 aromatic heterocycles. The lowest BCUT2D eigenvalue weighted by Gasteiger charge is -2.07. The highest BCUT2D eigenvalue weighted by atomic mass is 35.5. The molecular formula is C12H11ClN4OS. The van der Waals surface area contributed by atoms with E-state index in [2.05, 4.69) is 15.1 Å². The van der Waals surface area contributed by atoms with E-state index in [0.29, 0.717) is 13.2 Å². The number of hydrogen-bond donors (Lipinski definition) is 0. The maximum Gasteiger partial charge on any atom is 0.223 e. The van der Waals surface area contributed by atoms with Crippen molar-refractivity contribution in [1.82, 2.24) is 19.7 Å². The fourth-order valence-electron chi connectivity index (χ4n) is 1.90. The third-order valence-corrected chi connectivity index (χ3v) is 3.82. The van der Waals surface area contributed by atoms with E-state index in [0.717, 1.165) is 21.6 Å². The SMILES string of the molecule is COCCn1nccc1-c1nc(Cl)nc2ccsc12. The molecule has 98 valence electrons. The van der Waals surface area contributed by atoms with Gasteiger partial charge in [0, 0.05) is 13.3 Å². The zero-order valence-electron chi connectivity index (χ0n) is 10.2. The van der Waals surface area contributed by atoms with Gasteiger partial charge in [-0.1, -0.05) is 0 Å². The Morgan fingerprint density at radius 3 is 3.11 bits per heavy atom. The molecule has 0 unspecified atom stereocenters. The van der Waals surface area contributed by atoms with Crippen molar-refractivity contribution < 1.29 is 4.74 Å². The smallest absolute Gasteiger partial charge is 0.223 e. The van der Waals surface area contributed by atoms with E-state index in [1.54, 1.807) is 24.6 Å². The Morgan fingerprint density at radius 2 is 2.26 bits per heavy atom. The van der Waals surface area contributed by atoms with Gasteiger partial charge in [-0.2, -0.15) is 5.10 Å². The van der Waals surface area contributed by atoms with Crippen LogP contribution in [0.15, 0.2) is 23.7 Å². The number of halogens is 1. The fraction of sp³-hybridized carbons (Fsp3) is 0.250. The van der Waals surface area contributed by atoms with Gasteiger partial charge in [-0.15, -0.1) is 11.3 Å². The lowest BCUT2D eigenvalue weighted by atomic mass is 10.2. The summed E-state index contributed by atoms with van der Waals surface area (Å²) in [5, 5.41) is 6.52. The minimum absolute atomic E-state index is 0.250. The van der Waals surface area contributed by atoms with Crippen LogP contribution in [0.1, 0.15) is 0 Å². The van der Waals surface area contributed by atoms with Crippen LogP contribution < -0.4 is 0 Å². The molecule has 0 spiro atoms. The van der Waals surface area contributed by atoms with E-state index in [1.165, 1.54) is 0 Å². The lowest BCUT2D eigenvalue weighted by molar-refractivity contribution is 0.184. The second-order valence-electron chi connectivity index (χ2n) is 3.91. The second-order valence-corrected chi connectivity index (χ2v) is 5.16. The molecule has 3 aromatic rings. The van der Waals surface area contributed by atoms with Crippen molar-refractivity contribution in [3.63, 3.8) is 0 Å². The van der Waals surface area contributed by atoms with Crippen molar-refractivity contribution >= 4 is 33.2 Å². The van der Waals surface area contributed by atoms with Crippen molar-refractivity contribution in [1.29, 1.82) is 0 Å². The van der Waals surface area contributed by atoms with Crippen molar-refractivity contribution in [3.05, 3.63) is 29.0 Å². The quantitative estimate of drug-likeness (QED) is 0.694. The molecule has 5 nitrogen and oxygen atoms in total. The predicted molar refractivity (Wildman–Crippen MR) is 75.5 cm³/mol. The van der Waals surface area contributed by atoms with Gasteiger partial charge in [-0.05, 0) is 29.1 Å². The van der Waals surface area contributed by atoms with Gasteiger partial charge in [0.15, 0.2) is 0 Å². The third-order valence-electron chi connectivity index (χ3n) is 2.74. The first-order valence-electron chi connectivity index (χ1n) is 5.71. The minimum Gasteiger partial charge on any atom is -0.383 e. The number of hydrogen-bond acceptors (Lipinski definition) is 5. The Balaban J connectivity index is 2.13. The van der Waals surface area contributed by atoms with E-state index in [1.807, 2.05) is 22.2 Å². The lowest BCUT2D eigenvalue weighted by Crippen LogP contribution is -2.07. The number of ether oxygens (including phenoxy) is 1. The van der Waals surface area contributed by atoms with Crippen LogP contribution in [-0.4, -0.2) is 33.5 Å². The molecule has 7 heteroatoms. The first-order valence-corrected chi connectivity index (χ1v) is 6.97. The first-order chi connectivity index (χ1) is 9.29. The molecule has 19 heavy (non-hydrogen) atoms. The van der Waals surface area contributed by atoms with Gasteiger partial charge in [0.1, 0.15) is 5.69 Å². The van der Waals surface area contributed by atoms with Gasteiger partial charge in [0.2, 0.25) is 5.28 Å². The molecule has 3 heterocycles. The van der Waals surface area contributed by atoms with Crippen LogP contribution in [0.25, 0.3) is 21.6 Å². The molecule has 0 aliphatic heterocycles. The Labute approximate surface area is 118 Å². The van der Waals surface area contributed by atoms with Gasteiger partial charge >= 0.3 is 0 Å². The standard InChI is InChI=1S/C12H11ClN4OS/c1-18-6-5-17-9(2-4-14-17)10-11-8(3-7-19-11)15-12(13)16-10/h2-4,7H,5-6H2,1H3. The zero-order valence-corrected chi connectivity index (χ0v) is 11.8. The molecule has 0 aromatic carbocycles. The van der Waals surface area contributed by atoms with Gasteiger partial charge in [-0.25, -0.2) is 9.97 Å². The van der Waals surface area contributed by atoms with Crippen molar-refractivity contribution in [3.8, 4) is 11.4 Å². The van der Waals surface area contributed by atoms with Gasteiger partial charge in [0.05, 0.1) is 29.1 Å². The summed E-state index contributed by atoms with van der Waals surface area (Å²) in [7, 11) is 1.67. The second kappa shape index (κ2) is 5.24. The summed E-state index contributed by atoms with van der Waals surface area (Å²) < 4.78 is 7.96. The van der Waals surface area contributed by atoms with Crippen molar-refractivity contribution in [2.45, 2.75) is 6.54 Å². The molecule has 0 radical (unpaired) electrons. The summed E-state index contributed by atoms with van der Waals surface area (Å²) in [6.07, 6.45) is 1.75. The summed E-state index contributed by atoms with van der Waals surface area (Å²) in [5.74, 6) is 0. The number of thiophene rings is 1. The fourth-order valence-corrected chi connectivity index (χ4v) is 2.90. The molecule has 0 N–H and O–H groups in total. The topological polar surface area (TPSA) is 52.8 Å². The monoisotopic (exact) mass is 294 g/mol. The van der Waals surface area contributed by atoms with E-state index >= 15 is 0 Å². The molecule has 0 aliphatic carbocycles. The molecular weight excluding hydrogens is 284 g/mol. The average Bonchev–Trinajstić information content (AvgIpc) is 3.03. The van der Waals surface area contributed by atoms with Crippen LogP contribution in [0.2, 0.25) is 5.28 Å². The van der Waals surface area contributed by atoms with Gasteiger partial charge in [0.25, 0.3) is 0 Å². The summed E-state index contributed by atoms with van der Waals surface area (Å²) in [6.45, 7) is 1.27. The Bertz CT molecular complexity index is 709. The van der Waals surface area contributed by atoms with E-state index in [-0.39, 0.29) is 5.28 Å². The van der Waals surface area contributed by atoms with Crippen LogP contribution in [0.4, 0.5) is 0 Å². The molecule has 0 atom stereocenters. The van der Waals surface area contributed by atoms with Crippen molar-refractivity contribution in [2.24, 2.45) is 0 Å². The normalized spacial score (nSPS) is 11.3.